The van der Waals surface area contributed by atoms with Crippen molar-refractivity contribution in [2.24, 2.45) is 0 Å². The molecule has 0 bridgehead atoms. The number of urea groups is 1. The molecule has 1 rings (SSSR count). The van der Waals surface area contributed by atoms with E-state index in [9.17, 15) is 9.59 Å². The van der Waals surface area contributed by atoms with Crippen molar-refractivity contribution < 1.29 is 14.7 Å². The number of halogens is 2. The fraction of sp³-hybridized carbons (Fsp3) is 0.333. The highest BCUT2D eigenvalue weighted by molar-refractivity contribution is 14.1. The first kappa shape index (κ1) is 16.2. The van der Waals surface area contributed by atoms with Gasteiger partial charge in [-0.15, -0.1) is 0 Å². The molecule has 0 aliphatic carbocycles. The lowest BCUT2D eigenvalue weighted by molar-refractivity contribution is -0.146. The Labute approximate surface area is 133 Å². The zero-order chi connectivity index (χ0) is 14.8. The fourth-order valence-corrected chi connectivity index (χ4v) is 2.58. The zero-order valence-electron chi connectivity index (χ0n) is 10.7. The van der Waals surface area contributed by atoms with Gasteiger partial charge in [-0.05, 0) is 70.6 Å². The molecule has 1 aromatic carbocycles. The van der Waals surface area contributed by atoms with E-state index in [1.54, 1.807) is 6.07 Å². The lowest BCUT2D eigenvalue weighted by Crippen LogP contribution is -2.52. The number of carboxylic acids is 1. The van der Waals surface area contributed by atoms with Crippen LogP contribution in [0.5, 0.6) is 0 Å². The third-order valence-corrected chi connectivity index (χ3v) is 4.17. The maximum Gasteiger partial charge on any atom is 0.329 e. The zero-order valence-corrected chi connectivity index (χ0v) is 14.4. The first-order chi connectivity index (χ1) is 8.66. The summed E-state index contributed by atoms with van der Waals surface area (Å²) in [5.41, 5.74) is -0.682. The van der Waals surface area contributed by atoms with Crippen LogP contribution < -0.4 is 5.32 Å². The Kier molecular flexibility index (Phi) is 5.19. The highest BCUT2D eigenvalue weighted by atomic mass is 127. The van der Waals surface area contributed by atoms with Crippen molar-refractivity contribution >= 4 is 56.2 Å². The van der Waals surface area contributed by atoms with Crippen molar-refractivity contribution in [2.75, 3.05) is 12.4 Å². The summed E-state index contributed by atoms with van der Waals surface area (Å²) in [6, 6.07) is 4.99. The smallest absolute Gasteiger partial charge is 0.329 e. The van der Waals surface area contributed by atoms with Gasteiger partial charge in [0.05, 0.1) is 5.69 Å². The number of hydrogen-bond donors (Lipinski definition) is 2. The number of carbonyl (C=O) groups is 2. The van der Waals surface area contributed by atoms with Crippen LogP contribution >= 0.6 is 38.5 Å². The molecule has 0 aliphatic heterocycles. The number of amides is 2. The molecule has 0 fully saturated rings. The van der Waals surface area contributed by atoms with Crippen molar-refractivity contribution in [3.63, 3.8) is 0 Å². The molecule has 104 valence electrons. The minimum absolute atomic E-state index is 0.477. The molecule has 2 amide bonds. The van der Waals surface area contributed by atoms with Crippen LogP contribution in [0, 0.1) is 3.57 Å². The number of nitrogens with zero attached hydrogens (tertiary/aromatic N) is 1. The number of nitrogens with one attached hydrogen (secondary N) is 1. The van der Waals surface area contributed by atoms with E-state index in [1.165, 1.54) is 20.9 Å². The second-order valence-corrected chi connectivity index (χ2v) is 6.58. The number of carbonyl (C=O) groups excluding carboxylic acids is 1. The topological polar surface area (TPSA) is 69.6 Å². The van der Waals surface area contributed by atoms with Crippen LogP contribution in [0.25, 0.3) is 0 Å². The minimum atomic E-state index is -1.28. The van der Waals surface area contributed by atoms with Gasteiger partial charge in [0.15, 0.2) is 0 Å². The summed E-state index contributed by atoms with van der Waals surface area (Å²) in [6.45, 7) is 2.94. The molecule has 0 saturated carbocycles. The summed E-state index contributed by atoms with van der Waals surface area (Å²) in [6.07, 6.45) is 0. The van der Waals surface area contributed by atoms with Crippen LogP contribution in [0.15, 0.2) is 22.7 Å². The van der Waals surface area contributed by atoms with E-state index in [-0.39, 0.29) is 0 Å². The van der Waals surface area contributed by atoms with Crippen LogP contribution in [-0.4, -0.2) is 34.6 Å². The fourth-order valence-electron chi connectivity index (χ4n) is 1.19. The predicted octanol–water partition coefficient (Wildman–Crippen LogP) is 3.38. The molecule has 0 heterocycles. The monoisotopic (exact) mass is 440 g/mol. The van der Waals surface area contributed by atoms with Gasteiger partial charge < -0.3 is 15.3 Å². The predicted molar refractivity (Wildman–Crippen MR) is 85.4 cm³/mol. The Balaban J connectivity index is 2.88. The number of likely N-dealkylation sites (N-methyl/N-ethyl adjacent to an activating group) is 1. The summed E-state index contributed by atoms with van der Waals surface area (Å²) >= 11 is 5.51. The van der Waals surface area contributed by atoms with Crippen molar-refractivity contribution in [1.29, 1.82) is 0 Å². The van der Waals surface area contributed by atoms with E-state index in [4.69, 9.17) is 5.11 Å². The van der Waals surface area contributed by atoms with E-state index in [0.29, 0.717) is 5.69 Å². The first-order valence-corrected chi connectivity index (χ1v) is 7.26. The van der Waals surface area contributed by atoms with Gasteiger partial charge in [-0.1, -0.05) is 0 Å². The van der Waals surface area contributed by atoms with Crippen LogP contribution in [-0.2, 0) is 4.79 Å². The van der Waals surface area contributed by atoms with Gasteiger partial charge in [0.2, 0.25) is 0 Å². The number of hydrogen-bond acceptors (Lipinski definition) is 2. The largest absolute Gasteiger partial charge is 0.480 e. The lowest BCUT2D eigenvalue weighted by atomic mass is 10.1. The Hall–Kier alpha value is -0.830. The molecule has 19 heavy (non-hydrogen) atoms. The van der Waals surface area contributed by atoms with Gasteiger partial charge in [0.25, 0.3) is 0 Å². The molecule has 2 N–H and O–H groups in total. The Morgan fingerprint density at radius 3 is 2.47 bits per heavy atom. The summed E-state index contributed by atoms with van der Waals surface area (Å²) in [4.78, 5) is 24.3. The van der Waals surface area contributed by atoms with E-state index in [0.717, 1.165) is 12.9 Å². The molecule has 0 unspecified atom stereocenters. The lowest BCUT2D eigenvalue weighted by Gasteiger charge is -2.31. The Bertz CT molecular complexity index is 520. The second-order valence-electron chi connectivity index (χ2n) is 4.48. The highest BCUT2D eigenvalue weighted by Gasteiger charge is 2.35. The molecule has 0 aliphatic rings. The summed E-state index contributed by atoms with van der Waals surface area (Å²) in [5.74, 6) is -1.06. The molecule has 1 aromatic rings. The van der Waals surface area contributed by atoms with E-state index in [2.05, 4.69) is 43.8 Å². The average molecular weight is 441 g/mol. The molecular formula is C12H14BrIN2O3. The summed E-state index contributed by atoms with van der Waals surface area (Å²) in [7, 11) is 1.45. The van der Waals surface area contributed by atoms with Gasteiger partial charge in [-0.2, -0.15) is 0 Å². The number of aliphatic carboxylic acids is 1. The number of anilines is 1. The van der Waals surface area contributed by atoms with Gasteiger partial charge in [0.1, 0.15) is 5.54 Å². The van der Waals surface area contributed by atoms with Crippen LogP contribution in [0.2, 0.25) is 0 Å². The van der Waals surface area contributed by atoms with E-state index < -0.39 is 17.5 Å². The third kappa shape index (κ3) is 3.82. The molecule has 0 aromatic heterocycles. The van der Waals surface area contributed by atoms with Crippen LogP contribution in [0.3, 0.4) is 0 Å². The van der Waals surface area contributed by atoms with Crippen molar-refractivity contribution in [1.82, 2.24) is 4.90 Å². The molecule has 0 radical (unpaired) electrons. The summed E-state index contributed by atoms with van der Waals surface area (Å²) in [5, 5.41) is 11.8. The van der Waals surface area contributed by atoms with Crippen molar-refractivity contribution in [2.45, 2.75) is 19.4 Å². The average Bonchev–Trinajstić information content (AvgIpc) is 2.31. The van der Waals surface area contributed by atoms with Crippen molar-refractivity contribution in [3.05, 3.63) is 26.2 Å². The summed E-state index contributed by atoms with van der Waals surface area (Å²) < 4.78 is 1.77. The molecule has 0 saturated heterocycles. The molecule has 0 atom stereocenters. The maximum atomic E-state index is 12.0. The number of benzene rings is 1. The standard InChI is InChI=1S/C12H14BrIN2O3/c1-12(2,10(17)18)16(3)11(19)15-9-5-4-7(14)6-8(9)13/h4-6H,1-3H3,(H,15,19)(H,17,18). The Morgan fingerprint density at radius 1 is 1.42 bits per heavy atom. The van der Waals surface area contributed by atoms with Gasteiger partial charge in [-0.25, -0.2) is 9.59 Å². The SMILES string of the molecule is CN(C(=O)Nc1ccc(I)cc1Br)C(C)(C)C(=O)O. The minimum Gasteiger partial charge on any atom is -0.480 e. The highest BCUT2D eigenvalue weighted by Crippen LogP contribution is 2.25. The number of carboxylic acid groups (broad SMARTS) is 1. The Morgan fingerprint density at radius 2 is 2.00 bits per heavy atom. The first-order valence-electron chi connectivity index (χ1n) is 5.39. The van der Waals surface area contributed by atoms with Crippen LogP contribution in [0.1, 0.15) is 13.8 Å². The normalized spacial score (nSPS) is 11.0. The maximum absolute atomic E-state index is 12.0. The third-order valence-electron chi connectivity index (χ3n) is 2.84. The molecule has 7 heteroatoms. The number of rotatable bonds is 3. The van der Waals surface area contributed by atoms with E-state index in [1.807, 2.05) is 12.1 Å². The molecular weight excluding hydrogens is 427 g/mol. The van der Waals surface area contributed by atoms with Crippen molar-refractivity contribution in [3.8, 4) is 0 Å². The second kappa shape index (κ2) is 6.08. The molecule has 5 nitrogen and oxygen atoms in total. The quantitative estimate of drug-likeness (QED) is 0.708. The molecule has 0 spiro atoms. The van der Waals surface area contributed by atoms with Gasteiger partial charge in [-0.3, -0.25) is 0 Å². The van der Waals surface area contributed by atoms with Gasteiger partial charge >= 0.3 is 12.0 Å². The van der Waals surface area contributed by atoms with Gasteiger partial charge in [0, 0.05) is 15.1 Å². The van der Waals surface area contributed by atoms with Crippen LogP contribution in [0.4, 0.5) is 10.5 Å². The van der Waals surface area contributed by atoms with E-state index >= 15 is 0 Å².